The lowest BCUT2D eigenvalue weighted by Gasteiger charge is -2.32. The number of rotatable bonds is 6. The van der Waals surface area contributed by atoms with Crippen LogP contribution in [0.3, 0.4) is 0 Å². The number of aryl methyl sites for hydroxylation is 1. The summed E-state index contributed by atoms with van der Waals surface area (Å²) < 4.78 is 7.65. The van der Waals surface area contributed by atoms with E-state index >= 15 is 0 Å². The zero-order chi connectivity index (χ0) is 20.3. The molecule has 0 atom stereocenters. The predicted molar refractivity (Wildman–Crippen MR) is 119 cm³/mol. The molecule has 2 aliphatic heterocycles. The molecule has 0 unspecified atom stereocenters. The molecular formula is C23H36N6O. The lowest BCUT2D eigenvalue weighted by Crippen LogP contribution is -2.44. The number of piperazine rings is 1. The molecule has 30 heavy (non-hydrogen) atoms. The summed E-state index contributed by atoms with van der Waals surface area (Å²) in [4.78, 5) is 10.0. The zero-order valence-electron chi connectivity index (χ0n) is 18.4. The van der Waals surface area contributed by atoms with E-state index < -0.39 is 0 Å². The first-order valence-electron chi connectivity index (χ1n) is 11.9. The molecule has 5 rings (SSSR count). The van der Waals surface area contributed by atoms with Crippen LogP contribution in [0.4, 0.5) is 5.82 Å². The molecule has 7 heteroatoms. The molecule has 0 saturated carbocycles. The number of fused-ring (bicyclic) bond motifs is 2. The molecule has 4 heterocycles. The Kier molecular flexibility index (Phi) is 6.20. The third-order valence-corrected chi connectivity index (χ3v) is 7.07. The van der Waals surface area contributed by atoms with Crippen LogP contribution in [0.15, 0.2) is 6.07 Å². The van der Waals surface area contributed by atoms with Crippen molar-refractivity contribution in [2.45, 2.75) is 50.9 Å². The normalized spacial score (nSPS) is 21.8. The largest absolute Gasteiger partial charge is 0.381 e. The van der Waals surface area contributed by atoms with E-state index in [4.69, 9.17) is 14.8 Å². The van der Waals surface area contributed by atoms with Gasteiger partial charge in [0.15, 0.2) is 5.65 Å². The Labute approximate surface area is 179 Å². The number of nitrogens with zero attached hydrogens (tertiary/aromatic N) is 5. The molecular weight excluding hydrogens is 376 g/mol. The number of aromatic nitrogens is 3. The van der Waals surface area contributed by atoms with Crippen molar-refractivity contribution < 1.29 is 4.74 Å². The van der Waals surface area contributed by atoms with E-state index in [0.717, 1.165) is 57.5 Å². The third-order valence-electron chi connectivity index (χ3n) is 7.07. The van der Waals surface area contributed by atoms with Gasteiger partial charge in [-0.05, 0) is 58.5 Å². The van der Waals surface area contributed by atoms with Crippen molar-refractivity contribution in [1.29, 1.82) is 0 Å². The molecule has 0 radical (unpaired) electrons. The lowest BCUT2D eigenvalue weighted by molar-refractivity contribution is 0.0844. The van der Waals surface area contributed by atoms with Crippen molar-refractivity contribution in [3.05, 3.63) is 23.0 Å². The van der Waals surface area contributed by atoms with Gasteiger partial charge >= 0.3 is 0 Å². The smallest absolute Gasteiger partial charge is 0.157 e. The molecule has 164 valence electrons. The number of hydrogen-bond acceptors (Lipinski definition) is 6. The number of ether oxygens (including phenoxy) is 1. The van der Waals surface area contributed by atoms with Crippen molar-refractivity contribution >= 4 is 11.5 Å². The van der Waals surface area contributed by atoms with Gasteiger partial charge in [-0.2, -0.15) is 9.61 Å². The van der Waals surface area contributed by atoms with E-state index in [-0.39, 0.29) is 0 Å². The van der Waals surface area contributed by atoms with Crippen LogP contribution in [0.25, 0.3) is 5.65 Å². The van der Waals surface area contributed by atoms with Crippen molar-refractivity contribution in [3.63, 3.8) is 0 Å². The van der Waals surface area contributed by atoms with Gasteiger partial charge in [0.25, 0.3) is 0 Å². The summed E-state index contributed by atoms with van der Waals surface area (Å²) in [5, 5.41) is 8.82. The summed E-state index contributed by atoms with van der Waals surface area (Å²) in [7, 11) is 2.22. The Hall–Kier alpha value is -1.70. The van der Waals surface area contributed by atoms with E-state index in [1.807, 2.05) is 0 Å². The van der Waals surface area contributed by atoms with E-state index in [1.165, 1.54) is 68.3 Å². The van der Waals surface area contributed by atoms with Crippen molar-refractivity contribution in [2.75, 3.05) is 64.8 Å². The van der Waals surface area contributed by atoms with E-state index in [0.29, 0.717) is 5.92 Å². The molecule has 0 spiro atoms. The standard InChI is InChI=1S/C23H36N6O/c1-27-11-13-28(14-12-27)10-4-9-24-23-19-5-2-3-6-20(19)25-22-17-21(26-29(22)23)18-7-15-30-16-8-18/h17-18,24H,2-16H2,1H3. The van der Waals surface area contributed by atoms with E-state index in [2.05, 4.69) is 32.7 Å². The topological polar surface area (TPSA) is 57.9 Å². The fourth-order valence-electron chi connectivity index (χ4n) is 5.12. The van der Waals surface area contributed by atoms with Crippen LogP contribution >= 0.6 is 0 Å². The van der Waals surface area contributed by atoms with Gasteiger partial charge in [0.05, 0.1) is 5.69 Å². The molecule has 2 aromatic rings. The van der Waals surface area contributed by atoms with E-state index in [1.54, 1.807) is 0 Å². The van der Waals surface area contributed by atoms with Crippen LogP contribution in [0.2, 0.25) is 0 Å². The summed E-state index contributed by atoms with van der Waals surface area (Å²) in [6, 6.07) is 2.22. The van der Waals surface area contributed by atoms with Gasteiger partial charge in [-0.15, -0.1) is 0 Å². The molecule has 2 saturated heterocycles. The van der Waals surface area contributed by atoms with Crippen molar-refractivity contribution in [2.24, 2.45) is 0 Å². The monoisotopic (exact) mass is 412 g/mol. The van der Waals surface area contributed by atoms with Crippen molar-refractivity contribution in [3.8, 4) is 0 Å². The maximum atomic E-state index is 5.55. The maximum Gasteiger partial charge on any atom is 0.157 e. The number of nitrogens with one attached hydrogen (secondary N) is 1. The highest BCUT2D eigenvalue weighted by Gasteiger charge is 2.23. The Morgan fingerprint density at radius 1 is 1.10 bits per heavy atom. The Balaban J connectivity index is 1.32. The summed E-state index contributed by atoms with van der Waals surface area (Å²) >= 11 is 0. The molecule has 2 fully saturated rings. The summed E-state index contributed by atoms with van der Waals surface area (Å²) in [6.07, 6.45) is 8.01. The molecule has 7 nitrogen and oxygen atoms in total. The molecule has 0 aromatic carbocycles. The molecule has 3 aliphatic rings. The highest BCUT2D eigenvalue weighted by molar-refractivity contribution is 5.57. The number of anilines is 1. The SMILES string of the molecule is CN1CCN(CCCNc2c3c(nc4cc(C5CCOCC5)nn24)CCCC3)CC1. The third kappa shape index (κ3) is 4.34. The van der Waals surface area contributed by atoms with Gasteiger partial charge in [-0.25, -0.2) is 4.98 Å². The van der Waals surface area contributed by atoms with Gasteiger partial charge < -0.3 is 19.9 Å². The number of hydrogen-bond donors (Lipinski definition) is 1. The molecule has 0 amide bonds. The predicted octanol–water partition coefficient (Wildman–Crippen LogP) is 2.55. The minimum absolute atomic E-state index is 0.502. The second kappa shape index (κ2) is 9.20. The van der Waals surface area contributed by atoms with Gasteiger partial charge in [-0.3, -0.25) is 0 Å². The minimum Gasteiger partial charge on any atom is -0.381 e. The van der Waals surface area contributed by atoms with Crippen LogP contribution < -0.4 is 5.32 Å². The average Bonchev–Trinajstić information content (AvgIpc) is 3.22. The van der Waals surface area contributed by atoms with Gasteiger partial charge in [0.1, 0.15) is 5.82 Å². The second-order valence-electron chi connectivity index (χ2n) is 9.24. The maximum absolute atomic E-state index is 5.55. The first-order valence-corrected chi connectivity index (χ1v) is 11.9. The minimum atomic E-state index is 0.502. The fourth-order valence-corrected chi connectivity index (χ4v) is 5.12. The molecule has 1 aliphatic carbocycles. The first kappa shape index (κ1) is 20.2. The lowest BCUT2D eigenvalue weighted by atomic mass is 9.96. The van der Waals surface area contributed by atoms with E-state index in [9.17, 15) is 0 Å². The summed E-state index contributed by atoms with van der Waals surface area (Å²) in [6.45, 7) is 8.62. The molecule has 0 bridgehead atoms. The Morgan fingerprint density at radius 2 is 1.90 bits per heavy atom. The fraction of sp³-hybridized carbons (Fsp3) is 0.739. The van der Waals surface area contributed by atoms with Crippen LogP contribution in [0.5, 0.6) is 0 Å². The Bertz CT molecular complexity index is 851. The van der Waals surface area contributed by atoms with Crippen LogP contribution in [-0.2, 0) is 17.6 Å². The van der Waals surface area contributed by atoms with Crippen LogP contribution in [0, 0.1) is 0 Å². The summed E-state index contributed by atoms with van der Waals surface area (Å²) in [5.41, 5.74) is 4.89. The number of likely N-dealkylation sites (N-methyl/N-ethyl adjacent to an activating group) is 1. The highest BCUT2D eigenvalue weighted by atomic mass is 16.5. The van der Waals surface area contributed by atoms with Crippen LogP contribution in [0.1, 0.15) is 55.0 Å². The second-order valence-corrected chi connectivity index (χ2v) is 9.24. The quantitative estimate of drug-likeness (QED) is 0.736. The van der Waals surface area contributed by atoms with Crippen LogP contribution in [-0.4, -0.2) is 83.9 Å². The molecule has 1 N–H and O–H groups in total. The van der Waals surface area contributed by atoms with Gasteiger partial charge in [-0.1, -0.05) is 0 Å². The van der Waals surface area contributed by atoms with Gasteiger partial charge in [0, 0.05) is 69.2 Å². The zero-order valence-corrected chi connectivity index (χ0v) is 18.4. The van der Waals surface area contributed by atoms with Gasteiger partial charge in [0.2, 0.25) is 0 Å². The highest BCUT2D eigenvalue weighted by Crippen LogP contribution is 2.31. The summed E-state index contributed by atoms with van der Waals surface area (Å²) in [5.74, 6) is 1.70. The average molecular weight is 413 g/mol. The molecule has 2 aromatic heterocycles. The van der Waals surface area contributed by atoms with Crippen molar-refractivity contribution in [1.82, 2.24) is 24.4 Å². The first-order chi connectivity index (χ1) is 14.8. The Morgan fingerprint density at radius 3 is 2.73 bits per heavy atom.